The molecule has 2 aromatic rings. The Morgan fingerprint density at radius 1 is 1.35 bits per heavy atom. The zero-order chi connectivity index (χ0) is 11.8. The quantitative estimate of drug-likeness (QED) is 0.809. The topological polar surface area (TPSA) is 66.0 Å². The molecule has 0 aliphatic carbocycles. The Bertz CT molecular complexity index is 601. The van der Waals surface area contributed by atoms with Gasteiger partial charge in [-0.15, -0.1) is 0 Å². The van der Waals surface area contributed by atoms with Crippen LogP contribution >= 0.6 is 11.8 Å². The number of H-pyrrole nitrogens is 1. The predicted molar refractivity (Wildman–Crippen MR) is 71.7 cm³/mol. The number of amidine groups is 1. The highest BCUT2D eigenvalue weighted by molar-refractivity contribution is 8.14. The molecule has 0 atom stereocenters. The van der Waals surface area contributed by atoms with Gasteiger partial charge in [0.25, 0.3) is 0 Å². The number of anilines is 1. The Balaban J connectivity index is 2.07. The molecule has 3 rings (SSSR count). The summed E-state index contributed by atoms with van der Waals surface area (Å²) in [4.78, 5) is 16.4. The highest BCUT2D eigenvalue weighted by atomic mass is 32.2. The lowest BCUT2D eigenvalue weighted by Gasteiger charge is -2.05. The zero-order valence-corrected chi connectivity index (χ0v) is 10.6. The number of fused-ring (bicyclic) bond motifs is 1. The van der Waals surface area contributed by atoms with Crippen LogP contribution in [-0.2, 0) is 0 Å². The van der Waals surface area contributed by atoms with Gasteiger partial charge in [0.05, 0.1) is 11.9 Å². The van der Waals surface area contributed by atoms with E-state index in [2.05, 4.69) is 31.3 Å². The van der Waals surface area contributed by atoms with Gasteiger partial charge in [-0.1, -0.05) is 11.8 Å². The third-order valence-electron chi connectivity index (χ3n) is 2.54. The number of rotatable bonds is 1. The van der Waals surface area contributed by atoms with Crippen molar-refractivity contribution in [3.63, 3.8) is 0 Å². The number of thioether (sulfide) groups is 1. The second kappa shape index (κ2) is 4.03. The standard InChI is InChI=1S/C11H13N5S/c1-6-5-8-9(13-6)14-7(2)15-10(8)16-11-12-3-4-17-11/h5H,3-4H2,1-2H3,(H2,12,13,14,15,16). The summed E-state index contributed by atoms with van der Waals surface area (Å²) >= 11 is 1.73. The van der Waals surface area contributed by atoms with Crippen molar-refractivity contribution in [2.24, 2.45) is 4.99 Å². The maximum Gasteiger partial charge on any atom is 0.162 e. The summed E-state index contributed by atoms with van der Waals surface area (Å²) in [5, 5.41) is 5.24. The van der Waals surface area contributed by atoms with Crippen molar-refractivity contribution in [2.45, 2.75) is 13.8 Å². The van der Waals surface area contributed by atoms with Gasteiger partial charge < -0.3 is 10.3 Å². The van der Waals surface area contributed by atoms with E-state index in [4.69, 9.17) is 0 Å². The smallest absolute Gasteiger partial charge is 0.162 e. The Hall–Kier alpha value is -1.56. The van der Waals surface area contributed by atoms with Crippen molar-refractivity contribution < 1.29 is 0 Å². The number of hydrogen-bond donors (Lipinski definition) is 2. The number of nitrogens with one attached hydrogen (secondary N) is 2. The molecule has 5 nitrogen and oxygen atoms in total. The minimum atomic E-state index is 0.755. The largest absolute Gasteiger partial charge is 0.343 e. The zero-order valence-electron chi connectivity index (χ0n) is 9.74. The molecule has 0 fully saturated rings. The SMILES string of the molecule is Cc1nc(NC2=NCCS2)c2cc(C)[nH]c2n1. The lowest BCUT2D eigenvalue weighted by Crippen LogP contribution is -2.08. The molecule has 1 aliphatic heterocycles. The monoisotopic (exact) mass is 247 g/mol. The van der Waals surface area contributed by atoms with E-state index in [0.29, 0.717) is 0 Å². The molecule has 0 aromatic carbocycles. The van der Waals surface area contributed by atoms with Crippen molar-refractivity contribution in [3.8, 4) is 0 Å². The minimum Gasteiger partial charge on any atom is -0.343 e. The van der Waals surface area contributed by atoms with Crippen molar-refractivity contribution in [1.29, 1.82) is 0 Å². The van der Waals surface area contributed by atoms with E-state index in [1.54, 1.807) is 11.8 Å². The molecule has 0 spiro atoms. The number of aryl methyl sites for hydroxylation is 2. The van der Waals surface area contributed by atoms with Crippen molar-refractivity contribution in [3.05, 3.63) is 17.6 Å². The van der Waals surface area contributed by atoms with Crippen LogP contribution in [0, 0.1) is 13.8 Å². The summed E-state index contributed by atoms with van der Waals surface area (Å²) < 4.78 is 0. The summed E-state index contributed by atoms with van der Waals surface area (Å²) in [6, 6.07) is 2.05. The van der Waals surface area contributed by atoms with Crippen LogP contribution in [0.5, 0.6) is 0 Å². The van der Waals surface area contributed by atoms with E-state index in [-0.39, 0.29) is 0 Å². The lowest BCUT2D eigenvalue weighted by molar-refractivity contribution is 1.08. The van der Waals surface area contributed by atoms with Crippen LogP contribution in [0.3, 0.4) is 0 Å². The van der Waals surface area contributed by atoms with E-state index in [1.807, 2.05) is 13.8 Å². The molecule has 17 heavy (non-hydrogen) atoms. The molecule has 0 bridgehead atoms. The van der Waals surface area contributed by atoms with Gasteiger partial charge in [0.2, 0.25) is 0 Å². The van der Waals surface area contributed by atoms with Crippen LogP contribution in [0.1, 0.15) is 11.5 Å². The van der Waals surface area contributed by atoms with Gasteiger partial charge in [-0.3, -0.25) is 4.99 Å². The third kappa shape index (κ3) is 2.00. The number of nitrogens with zero attached hydrogens (tertiary/aromatic N) is 3. The number of aliphatic imine (C=N–C) groups is 1. The number of aromatic amines is 1. The first-order chi connectivity index (χ1) is 8.22. The number of aromatic nitrogens is 3. The fraction of sp³-hybridized carbons (Fsp3) is 0.364. The second-order valence-corrected chi connectivity index (χ2v) is 5.08. The highest BCUT2D eigenvalue weighted by Crippen LogP contribution is 2.23. The van der Waals surface area contributed by atoms with Gasteiger partial charge >= 0.3 is 0 Å². The first-order valence-corrected chi connectivity index (χ1v) is 6.49. The fourth-order valence-corrected chi connectivity index (χ4v) is 2.59. The van der Waals surface area contributed by atoms with Gasteiger partial charge in [-0.25, -0.2) is 9.97 Å². The van der Waals surface area contributed by atoms with E-state index < -0.39 is 0 Å². The molecule has 0 radical (unpaired) electrons. The molecule has 3 heterocycles. The average molecular weight is 247 g/mol. The number of hydrogen-bond acceptors (Lipinski definition) is 5. The Morgan fingerprint density at radius 2 is 2.24 bits per heavy atom. The molecule has 0 unspecified atom stereocenters. The van der Waals surface area contributed by atoms with Gasteiger partial charge in [-0.2, -0.15) is 0 Å². The summed E-state index contributed by atoms with van der Waals surface area (Å²) in [6.45, 7) is 4.79. The lowest BCUT2D eigenvalue weighted by atomic mass is 10.3. The van der Waals surface area contributed by atoms with Crippen molar-refractivity contribution in [1.82, 2.24) is 15.0 Å². The second-order valence-electron chi connectivity index (χ2n) is 3.99. The highest BCUT2D eigenvalue weighted by Gasteiger charge is 2.12. The molecule has 2 N–H and O–H groups in total. The van der Waals surface area contributed by atoms with Crippen LogP contribution < -0.4 is 5.32 Å². The van der Waals surface area contributed by atoms with Gasteiger partial charge in [-0.05, 0) is 19.9 Å². The molecular weight excluding hydrogens is 234 g/mol. The Kier molecular flexibility index (Phi) is 2.51. The van der Waals surface area contributed by atoms with E-state index in [0.717, 1.165) is 45.8 Å². The van der Waals surface area contributed by atoms with Gasteiger partial charge in [0.15, 0.2) is 5.17 Å². The van der Waals surface area contributed by atoms with Gasteiger partial charge in [0, 0.05) is 11.4 Å². The summed E-state index contributed by atoms with van der Waals surface area (Å²) in [5.41, 5.74) is 1.96. The van der Waals surface area contributed by atoms with Crippen molar-refractivity contribution >= 4 is 33.8 Å². The summed E-state index contributed by atoms with van der Waals surface area (Å²) in [5.74, 6) is 2.64. The van der Waals surface area contributed by atoms with E-state index in [9.17, 15) is 0 Å². The van der Waals surface area contributed by atoms with Crippen LogP contribution in [0.2, 0.25) is 0 Å². The first kappa shape index (κ1) is 10.6. The maximum absolute atomic E-state index is 4.44. The molecule has 6 heteroatoms. The van der Waals surface area contributed by atoms with E-state index >= 15 is 0 Å². The minimum absolute atomic E-state index is 0.755. The predicted octanol–water partition coefficient (Wildman–Crippen LogP) is 2.09. The van der Waals surface area contributed by atoms with Gasteiger partial charge in [0.1, 0.15) is 17.3 Å². The van der Waals surface area contributed by atoms with Crippen molar-refractivity contribution in [2.75, 3.05) is 17.6 Å². The van der Waals surface area contributed by atoms with E-state index in [1.165, 1.54) is 0 Å². The maximum atomic E-state index is 4.44. The van der Waals surface area contributed by atoms with Crippen LogP contribution in [-0.4, -0.2) is 32.4 Å². The Morgan fingerprint density at radius 3 is 3.00 bits per heavy atom. The van der Waals surface area contributed by atoms with Crippen LogP contribution in [0.25, 0.3) is 11.0 Å². The Labute approximate surface area is 103 Å². The third-order valence-corrected chi connectivity index (χ3v) is 3.44. The molecule has 88 valence electrons. The van der Waals surface area contributed by atoms with Crippen LogP contribution in [0.4, 0.5) is 5.82 Å². The van der Waals surface area contributed by atoms with Crippen LogP contribution in [0.15, 0.2) is 11.1 Å². The summed E-state index contributed by atoms with van der Waals surface area (Å²) in [7, 11) is 0. The first-order valence-electron chi connectivity index (χ1n) is 5.50. The molecule has 1 aliphatic rings. The molecule has 2 aromatic heterocycles. The fourth-order valence-electron chi connectivity index (χ4n) is 1.86. The molecular formula is C11H13N5S. The normalized spacial score (nSPS) is 15.3. The molecule has 0 amide bonds. The summed E-state index contributed by atoms with van der Waals surface area (Å²) in [6.07, 6.45) is 0. The average Bonchev–Trinajstić information content (AvgIpc) is 2.86. The molecule has 0 saturated heterocycles. The molecule has 0 saturated carbocycles.